The predicted molar refractivity (Wildman–Crippen MR) is 105 cm³/mol. The monoisotopic (exact) mass is 323 g/mol. The van der Waals surface area contributed by atoms with Crippen LogP contribution in [0, 0.1) is 0 Å². The molecule has 0 spiro atoms. The van der Waals surface area contributed by atoms with Gasteiger partial charge >= 0.3 is 0 Å². The average molecular weight is 323 g/mol. The number of fused-ring (bicyclic) bond motifs is 3. The Labute approximate surface area is 148 Å². The van der Waals surface area contributed by atoms with Gasteiger partial charge in [-0.3, -0.25) is 0 Å². The highest BCUT2D eigenvalue weighted by Crippen LogP contribution is 2.51. The van der Waals surface area contributed by atoms with E-state index in [1.54, 1.807) is 0 Å². The van der Waals surface area contributed by atoms with Gasteiger partial charge in [0.1, 0.15) is 0 Å². The molecule has 2 aliphatic carbocycles. The lowest BCUT2D eigenvalue weighted by molar-refractivity contribution is 0.652. The minimum Gasteiger partial charge on any atom is -0.248 e. The van der Waals surface area contributed by atoms with Gasteiger partial charge in [-0.15, -0.1) is 0 Å². The number of aromatic nitrogens is 1. The number of pyridine rings is 1. The molecule has 3 aromatic rings. The number of benzene rings is 2. The van der Waals surface area contributed by atoms with Crippen LogP contribution in [0.1, 0.15) is 43.5 Å². The summed E-state index contributed by atoms with van der Waals surface area (Å²) in [5.74, 6) is 0. The highest BCUT2D eigenvalue weighted by molar-refractivity contribution is 5.89. The molecule has 0 radical (unpaired) electrons. The Hall–Kier alpha value is -2.67. The van der Waals surface area contributed by atoms with Crippen LogP contribution in [0.3, 0.4) is 0 Å². The van der Waals surface area contributed by atoms with Gasteiger partial charge in [0.2, 0.25) is 0 Å². The summed E-state index contributed by atoms with van der Waals surface area (Å²) in [6.45, 7) is 4.70. The Morgan fingerprint density at radius 3 is 2.56 bits per heavy atom. The van der Waals surface area contributed by atoms with Crippen LogP contribution in [0.5, 0.6) is 0 Å². The number of nitrogens with zero attached hydrogens (tertiary/aromatic N) is 1. The van der Waals surface area contributed by atoms with Crippen molar-refractivity contribution in [3.8, 4) is 0 Å². The molecule has 2 aromatic carbocycles. The van der Waals surface area contributed by atoms with Crippen LogP contribution >= 0.6 is 0 Å². The molecule has 5 rings (SSSR count). The zero-order chi connectivity index (χ0) is 17.0. The van der Waals surface area contributed by atoms with Gasteiger partial charge in [-0.05, 0) is 52.8 Å². The molecule has 1 aromatic heterocycles. The Balaban J connectivity index is 1.64. The fourth-order valence-corrected chi connectivity index (χ4v) is 4.45. The number of hydrogen-bond acceptors (Lipinski definition) is 1. The normalized spacial score (nSPS) is 18.1. The van der Waals surface area contributed by atoms with Crippen molar-refractivity contribution in [3.05, 3.63) is 89.1 Å². The van der Waals surface area contributed by atoms with Gasteiger partial charge in [-0.1, -0.05) is 68.5 Å². The van der Waals surface area contributed by atoms with E-state index in [1.807, 2.05) is 0 Å². The van der Waals surface area contributed by atoms with Crippen molar-refractivity contribution in [3.63, 3.8) is 0 Å². The fraction of sp³-hybridized carbons (Fsp3) is 0.208. The van der Waals surface area contributed by atoms with Crippen molar-refractivity contribution >= 4 is 22.0 Å². The molecule has 0 amide bonds. The third-order valence-electron chi connectivity index (χ3n) is 5.81. The molecule has 0 saturated carbocycles. The van der Waals surface area contributed by atoms with Crippen molar-refractivity contribution in [2.75, 3.05) is 0 Å². The maximum Gasteiger partial charge on any atom is 0.0709 e. The van der Waals surface area contributed by atoms with Gasteiger partial charge in [0, 0.05) is 10.8 Å². The molecule has 1 heteroatoms. The summed E-state index contributed by atoms with van der Waals surface area (Å²) in [6, 6.07) is 21.6. The van der Waals surface area contributed by atoms with Crippen LogP contribution in [0.2, 0.25) is 0 Å². The summed E-state index contributed by atoms with van der Waals surface area (Å²) >= 11 is 0. The molecule has 0 N–H and O–H groups in total. The SMILES string of the molecule is CC1(C)C2=C(CCC(c3ccc4ccccc4n3)=C2)c2ccccc21. The van der Waals surface area contributed by atoms with Gasteiger partial charge in [0.15, 0.2) is 0 Å². The van der Waals surface area contributed by atoms with E-state index in [9.17, 15) is 0 Å². The van der Waals surface area contributed by atoms with Gasteiger partial charge in [0.05, 0.1) is 11.2 Å². The maximum atomic E-state index is 4.92. The molecule has 2 aliphatic rings. The largest absolute Gasteiger partial charge is 0.248 e. The molecule has 25 heavy (non-hydrogen) atoms. The van der Waals surface area contributed by atoms with Crippen molar-refractivity contribution in [2.45, 2.75) is 32.1 Å². The van der Waals surface area contributed by atoms with Gasteiger partial charge in [0.25, 0.3) is 0 Å². The number of rotatable bonds is 1. The predicted octanol–water partition coefficient (Wildman–Crippen LogP) is 6.16. The number of para-hydroxylation sites is 1. The van der Waals surface area contributed by atoms with E-state index in [0.717, 1.165) is 24.1 Å². The molecule has 0 saturated heterocycles. The summed E-state index contributed by atoms with van der Waals surface area (Å²) in [5, 5.41) is 1.20. The van der Waals surface area contributed by atoms with Crippen LogP contribution in [0.25, 0.3) is 22.0 Å². The molecule has 1 heterocycles. The molecule has 0 unspecified atom stereocenters. The molecule has 0 fully saturated rings. The Morgan fingerprint density at radius 1 is 0.840 bits per heavy atom. The van der Waals surface area contributed by atoms with Crippen molar-refractivity contribution in [1.82, 2.24) is 4.98 Å². The Kier molecular flexibility index (Phi) is 3.03. The lowest BCUT2D eigenvalue weighted by Crippen LogP contribution is -2.17. The Morgan fingerprint density at radius 2 is 1.64 bits per heavy atom. The second-order valence-electron chi connectivity index (χ2n) is 7.62. The smallest absolute Gasteiger partial charge is 0.0709 e. The second kappa shape index (κ2) is 5.16. The fourth-order valence-electron chi connectivity index (χ4n) is 4.45. The zero-order valence-electron chi connectivity index (χ0n) is 14.7. The topological polar surface area (TPSA) is 12.9 Å². The van der Waals surface area contributed by atoms with Crippen molar-refractivity contribution in [1.29, 1.82) is 0 Å². The average Bonchev–Trinajstić information content (AvgIpc) is 2.89. The first kappa shape index (κ1) is 14.7. The molecular formula is C24H21N. The van der Waals surface area contributed by atoms with E-state index in [4.69, 9.17) is 4.98 Å². The molecule has 122 valence electrons. The van der Waals surface area contributed by atoms with E-state index in [1.165, 1.54) is 33.2 Å². The van der Waals surface area contributed by atoms with E-state index < -0.39 is 0 Å². The summed E-state index contributed by atoms with van der Waals surface area (Å²) in [5.41, 5.74) is 9.56. The first-order chi connectivity index (χ1) is 12.1. The molecule has 0 aliphatic heterocycles. The first-order valence-corrected chi connectivity index (χ1v) is 9.05. The van der Waals surface area contributed by atoms with Gasteiger partial charge in [-0.25, -0.2) is 4.98 Å². The van der Waals surface area contributed by atoms with E-state index in [0.29, 0.717) is 0 Å². The standard InChI is InChI=1S/C24H21N/c1-24(2)20-9-5-4-8-18(20)19-13-11-17(15-21(19)24)23-14-12-16-7-3-6-10-22(16)25-23/h3-10,12,14-15H,11,13H2,1-2H3. The van der Waals surface area contributed by atoms with E-state index in [-0.39, 0.29) is 5.41 Å². The van der Waals surface area contributed by atoms with Crippen LogP contribution < -0.4 is 0 Å². The quantitative estimate of drug-likeness (QED) is 0.523. The lowest BCUT2D eigenvalue weighted by atomic mass is 9.78. The third-order valence-corrected chi connectivity index (χ3v) is 5.81. The minimum atomic E-state index is 0.0778. The van der Waals surface area contributed by atoms with Gasteiger partial charge in [-0.2, -0.15) is 0 Å². The highest BCUT2D eigenvalue weighted by Gasteiger charge is 2.37. The highest BCUT2D eigenvalue weighted by atomic mass is 14.7. The maximum absolute atomic E-state index is 4.92. The third kappa shape index (κ3) is 2.12. The van der Waals surface area contributed by atoms with Crippen LogP contribution in [-0.2, 0) is 5.41 Å². The number of hydrogen-bond donors (Lipinski definition) is 0. The summed E-state index contributed by atoms with van der Waals surface area (Å²) < 4.78 is 0. The molecule has 1 nitrogen and oxygen atoms in total. The Bertz CT molecular complexity index is 1070. The van der Waals surface area contributed by atoms with Crippen molar-refractivity contribution in [2.24, 2.45) is 0 Å². The van der Waals surface area contributed by atoms with Crippen LogP contribution in [0.4, 0.5) is 0 Å². The summed E-state index contributed by atoms with van der Waals surface area (Å²) in [7, 11) is 0. The first-order valence-electron chi connectivity index (χ1n) is 9.05. The van der Waals surface area contributed by atoms with Gasteiger partial charge < -0.3 is 0 Å². The summed E-state index contributed by atoms with van der Waals surface area (Å²) in [6.07, 6.45) is 4.58. The molecule has 0 atom stereocenters. The van der Waals surface area contributed by atoms with Crippen LogP contribution in [0.15, 0.2) is 72.3 Å². The van der Waals surface area contributed by atoms with Crippen LogP contribution in [-0.4, -0.2) is 4.98 Å². The van der Waals surface area contributed by atoms with E-state index in [2.05, 4.69) is 80.6 Å². The summed E-state index contributed by atoms with van der Waals surface area (Å²) in [4.78, 5) is 4.92. The van der Waals surface area contributed by atoms with E-state index >= 15 is 0 Å². The number of allylic oxidation sites excluding steroid dienone is 4. The lowest BCUT2D eigenvalue weighted by Gasteiger charge is -2.25. The van der Waals surface area contributed by atoms with Crippen molar-refractivity contribution < 1.29 is 0 Å². The zero-order valence-corrected chi connectivity index (χ0v) is 14.7. The molecule has 0 bridgehead atoms. The second-order valence-corrected chi connectivity index (χ2v) is 7.62. The minimum absolute atomic E-state index is 0.0778. The molecular weight excluding hydrogens is 302 g/mol.